The fourth-order valence-electron chi connectivity index (χ4n) is 2.21. The molecular formula is C11H14Br2N2O3S2. The summed E-state index contributed by atoms with van der Waals surface area (Å²) in [6.45, 7) is 0. The molecule has 1 atom stereocenters. The molecule has 0 radical (unpaired) electrons. The van der Waals surface area contributed by atoms with E-state index in [1.807, 2.05) is 0 Å². The number of amides is 1. The third-order valence-electron chi connectivity index (χ3n) is 3.05. The van der Waals surface area contributed by atoms with Gasteiger partial charge in [-0.1, -0.05) is 0 Å². The Bertz CT molecular complexity index is 608. The van der Waals surface area contributed by atoms with Crippen molar-refractivity contribution in [2.75, 3.05) is 25.6 Å². The van der Waals surface area contributed by atoms with Crippen molar-refractivity contribution < 1.29 is 13.2 Å². The summed E-state index contributed by atoms with van der Waals surface area (Å²) in [5, 5.41) is 3.20. The second-order valence-corrected chi connectivity index (χ2v) is 10.2. The Hall–Kier alpha value is 0.0400. The Morgan fingerprint density at radius 2 is 2.05 bits per heavy atom. The SMILES string of the molecule is CN(C)N(C(=O)c1cc(Br)c(Br)s1)C1CCS(=O)(=O)C1. The molecule has 2 heterocycles. The number of sulfone groups is 1. The highest BCUT2D eigenvalue weighted by Gasteiger charge is 2.36. The van der Waals surface area contributed by atoms with Crippen molar-refractivity contribution in [1.82, 2.24) is 10.0 Å². The van der Waals surface area contributed by atoms with Gasteiger partial charge < -0.3 is 0 Å². The van der Waals surface area contributed by atoms with E-state index >= 15 is 0 Å². The van der Waals surface area contributed by atoms with Gasteiger partial charge in [-0.05, 0) is 44.3 Å². The largest absolute Gasteiger partial charge is 0.278 e. The molecule has 1 aromatic rings. The molecule has 1 fully saturated rings. The van der Waals surface area contributed by atoms with Crippen molar-refractivity contribution in [3.05, 3.63) is 19.2 Å². The first-order valence-electron chi connectivity index (χ1n) is 5.87. The molecular weight excluding hydrogens is 432 g/mol. The van der Waals surface area contributed by atoms with Crippen LogP contribution in [-0.4, -0.2) is 56.0 Å². The first-order valence-corrected chi connectivity index (χ1v) is 10.1. The number of hydrogen-bond acceptors (Lipinski definition) is 5. The molecule has 9 heteroatoms. The van der Waals surface area contributed by atoms with Gasteiger partial charge in [-0.2, -0.15) is 0 Å². The second-order valence-electron chi connectivity index (χ2n) is 4.79. The van der Waals surface area contributed by atoms with Gasteiger partial charge in [-0.25, -0.2) is 13.4 Å². The van der Waals surface area contributed by atoms with Crippen LogP contribution < -0.4 is 0 Å². The monoisotopic (exact) mass is 444 g/mol. The van der Waals surface area contributed by atoms with Crippen LogP contribution in [0.4, 0.5) is 0 Å². The van der Waals surface area contributed by atoms with Crippen LogP contribution in [0, 0.1) is 0 Å². The standard InChI is InChI=1S/C11H14Br2N2O3S2/c1-14(2)15(7-3-4-20(17,18)6-7)11(16)9-5-8(12)10(13)19-9/h5,7H,3-4,6H2,1-2H3. The van der Waals surface area contributed by atoms with E-state index in [0.29, 0.717) is 11.3 Å². The number of halogens is 2. The molecule has 5 nitrogen and oxygen atoms in total. The van der Waals surface area contributed by atoms with Crippen LogP contribution in [0.3, 0.4) is 0 Å². The number of rotatable bonds is 3. The Kier molecular flexibility index (Phi) is 4.95. The minimum absolute atomic E-state index is 0.0324. The molecule has 2 rings (SSSR count). The molecule has 0 saturated carbocycles. The zero-order valence-corrected chi connectivity index (χ0v) is 15.8. The van der Waals surface area contributed by atoms with Crippen LogP contribution in [0.15, 0.2) is 14.3 Å². The van der Waals surface area contributed by atoms with E-state index in [4.69, 9.17) is 0 Å². The highest BCUT2D eigenvalue weighted by atomic mass is 79.9. The molecule has 0 aromatic carbocycles. The van der Waals surface area contributed by atoms with Gasteiger partial charge >= 0.3 is 0 Å². The Balaban J connectivity index is 2.27. The number of hydrogen-bond donors (Lipinski definition) is 0. The molecule has 1 aromatic heterocycles. The predicted octanol–water partition coefficient (Wildman–Crippen LogP) is 2.38. The van der Waals surface area contributed by atoms with E-state index in [1.165, 1.54) is 16.3 Å². The van der Waals surface area contributed by atoms with E-state index in [-0.39, 0.29) is 23.5 Å². The third kappa shape index (κ3) is 3.44. The normalized spacial score (nSPS) is 21.4. The maximum Gasteiger partial charge on any atom is 0.278 e. The summed E-state index contributed by atoms with van der Waals surface area (Å²) >= 11 is 8.05. The van der Waals surface area contributed by atoms with E-state index in [1.54, 1.807) is 25.2 Å². The lowest BCUT2D eigenvalue weighted by Crippen LogP contribution is -2.49. The minimum Gasteiger partial charge on any atom is -0.267 e. The van der Waals surface area contributed by atoms with Crippen molar-refractivity contribution in [1.29, 1.82) is 0 Å². The Morgan fingerprint density at radius 3 is 2.45 bits per heavy atom. The van der Waals surface area contributed by atoms with Crippen LogP contribution in [-0.2, 0) is 9.84 Å². The van der Waals surface area contributed by atoms with Crippen LogP contribution in [0.2, 0.25) is 0 Å². The lowest BCUT2D eigenvalue weighted by atomic mass is 10.2. The molecule has 1 amide bonds. The van der Waals surface area contributed by atoms with Crippen molar-refractivity contribution >= 4 is 58.9 Å². The molecule has 0 spiro atoms. The zero-order chi connectivity index (χ0) is 15.1. The molecule has 1 aliphatic heterocycles. The molecule has 0 bridgehead atoms. The van der Waals surface area contributed by atoms with Gasteiger partial charge in [-0.3, -0.25) is 9.80 Å². The average Bonchev–Trinajstić information content (AvgIpc) is 2.83. The molecule has 0 aliphatic carbocycles. The fourth-order valence-corrected chi connectivity index (χ4v) is 5.87. The number of thiophene rings is 1. The first-order chi connectivity index (χ1) is 9.21. The van der Waals surface area contributed by atoms with Gasteiger partial charge in [-0.15, -0.1) is 11.3 Å². The van der Waals surface area contributed by atoms with Crippen LogP contribution in [0.25, 0.3) is 0 Å². The minimum atomic E-state index is -3.03. The maximum absolute atomic E-state index is 12.6. The summed E-state index contributed by atoms with van der Waals surface area (Å²) in [6.07, 6.45) is 0.486. The van der Waals surface area contributed by atoms with E-state index in [0.717, 1.165) is 8.26 Å². The lowest BCUT2D eigenvalue weighted by molar-refractivity contribution is 0.00147. The molecule has 1 unspecified atom stereocenters. The summed E-state index contributed by atoms with van der Waals surface area (Å²) in [4.78, 5) is 13.2. The summed E-state index contributed by atoms with van der Waals surface area (Å²) in [5.41, 5.74) is 0. The van der Waals surface area contributed by atoms with Crippen LogP contribution in [0.1, 0.15) is 16.1 Å². The zero-order valence-electron chi connectivity index (χ0n) is 11.0. The van der Waals surface area contributed by atoms with Crippen molar-refractivity contribution in [3.63, 3.8) is 0 Å². The van der Waals surface area contributed by atoms with E-state index < -0.39 is 9.84 Å². The smallest absolute Gasteiger partial charge is 0.267 e. The maximum atomic E-state index is 12.6. The van der Waals surface area contributed by atoms with Gasteiger partial charge in [0.15, 0.2) is 9.84 Å². The average molecular weight is 446 g/mol. The Labute approximate surface area is 139 Å². The highest BCUT2D eigenvalue weighted by molar-refractivity contribution is 9.13. The predicted molar refractivity (Wildman–Crippen MR) is 86.6 cm³/mol. The molecule has 20 heavy (non-hydrogen) atoms. The molecule has 112 valence electrons. The first kappa shape index (κ1) is 16.4. The summed E-state index contributed by atoms with van der Waals surface area (Å²) in [7, 11) is 0.473. The molecule has 1 saturated heterocycles. The van der Waals surface area contributed by atoms with Crippen molar-refractivity contribution in [2.45, 2.75) is 12.5 Å². The fraction of sp³-hybridized carbons (Fsp3) is 0.545. The molecule has 0 N–H and O–H groups in total. The van der Waals surface area contributed by atoms with Crippen molar-refractivity contribution in [3.8, 4) is 0 Å². The van der Waals surface area contributed by atoms with Gasteiger partial charge in [0.2, 0.25) is 0 Å². The summed E-state index contributed by atoms with van der Waals surface area (Å²) in [6, 6.07) is 1.46. The quantitative estimate of drug-likeness (QED) is 0.670. The third-order valence-corrected chi connectivity index (χ3v) is 8.04. The highest BCUT2D eigenvalue weighted by Crippen LogP contribution is 2.34. The van der Waals surface area contributed by atoms with Gasteiger partial charge in [0.05, 0.1) is 26.2 Å². The van der Waals surface area contributed by atoms with Crippen LogP contribution >= 0.6 is 43.2 Å². The summed E-state index contributed by atoms with van der Waals surface area (Å²) in [5.74, 6) is 0.00564. The van der Waals surface area contributed by atoms with Gasteiger partial charge in [0.25, 0.3) is 5.91 Å². The number of carbonyl (C=O) groups is 1. The lowest BCUT2D eigenvalue weighted by Gasteiger charge is -2.33. The van der Waals surface area contributed by atoms with E-state index in [2.05, 4.69) is 31.9 Å². The molecule has 1 aliphatic rings. The number of nitrogens with zero attached hydrogens (tertiary/aromatic N) is 2. The van der Waals surface area contributed by atoms with Gasteiger partial charge in [0.1, 0.15) is 0 Å². The van der Waals surface area contributed by atoms with Crippen molar-refractivity contribution in [2.24, 2.45) is 0 Å². The van der Waals surface area contributed by atoms with E-state index in [9.17, 15) is 13.2 Å². The van der Waals surface area contributed by atoms with Gasteiger partial charge in [0, 0.05) is 18.6 Å². The summed E-state index contributed by atoms with van der Waals surface area (Å²) < 4.78 is 24.9. The topological polar surface area (TPSA) is 57.7 Å². The number of hydrazine groups is 1. The Morgan fingerprint density at radius 1 is 1.40 bits per heavy atom. The van der Waals surface area contributed by atoms with Crippen LogP contribution in [0.5, 0.6) is 0 Å². The number of carbonyl (C=O) groups excluding carboxylic acids is 1. The second kappa shape index (κ2) is 6.04.